The van der Waals surface area contributed by atoms with Crippen molar-refractivity contribution in [2.75, 3.05) is 13.6 Å². The number of carboxylic acid groups (broad SMARTS) is 1. The van der Waals surface area contributed by atoms with Gasteiger partial charge in [-0.3, -0.25) is 0 Å². The van der Waals surface area contributed by atoms with Crippen LogP contribution in [-0.4, -0.2) is 42.5 Å². The Kier molecular flexibility index (Phi) is 4.33. The van der Waals surface area contributed by atoms with Gasteiger partial charge in [0.2, 0.25) is 10.0 Å². The molecule has 1 aromatic rings. The van der Waals surface area contributed by atoms with Gasteiger partial charge in [0.25, 0.3) is 0 Å². The summed E-state index contributed by atoms with van der Waals surface area (Å²) in [6, 6.07) is 2.08. The summed E-state index contributed by atoms with van der Waals surface area (Å²) in [6.45, 7) is 5.04. The molecule has 0 saturated carbocycles. The number of rotatable bonds is 5. The van der Waals surface area contributed by atoms with Crippen molar-refractivity contribution < 1.29 is 23.4 Å². The van der Waals surface area contributed by atoms with Gasteiger partial charge in [-0.25, -0.2) is 13.2 Å². The van der Waals surface area contributed by atoms with Gasteiger partial charge < -0.3 is 10.2 Å². The van der Waals surface area contributed by atoms with E-state index in [0.717, 1.165) is 16.4 Å². The molecule has 0 amide bonds. The van der Waals surface area contributed by atoms with Gasteiger partial charge in [-0.05, 0) is 24.6 Å². The molecule has 19 heavy (non-hydrogen) atoms. The van der Waals surface area contributed by atoms with E-state index in [1.807, 2.05) is 0 Å². The first-order valence-electron chi connectivity index (χ1n) is 5.36. The second kappa shape index (κ2) is 5.41. The standard InChI is InChI=1S/C12H15NO5S/c1-4-5-13(3)19(17,18)11-7-9(12(15)16)10(14)6-8(11)2/h4,6-7,14H,1,5H2,2-3H3,(H,15,16). The van der Waals surface area contributed by atoms with Crippen LogP contribution in [0.5, 0.6) is 5.75 Å². The molecule has 0 saturated heterocycles. The average molecular weight is 285 g/mol. The molecular formula is C12H15NO5S. The number of nitrogens with zero attached hydrogens (tertiary/aromatic N) is 1. The Bertz CT molecular complexity index is 621. The van der Waals surface area contributed by atoms with Crippen LogP contribution in [0, 0.1) is 6.92 Å². The van der Waals surface area contributed by atoms with E-state index in [1.54, 1.807) is 0 Å². The molecule has 0 fully saturated rings. The number of benzene rings is 1. The molecule has 1 aromatic carbocycles. The first-order valence-corrected chi connectivity index (χ1v) is 6.80. The number of phenols is 1. The molecule has 0 heterocycles. The van der Waals surface area contributed by atoms with Crippen molar-refractivity contribution in [2.24, 2.45) is 0 Å². The molecule has 0 aliphatic carbocycles. The van der Waals surface area contributed by atoms with Crippen molar-refractivity contribution in [1.82, 2.24) is 4.31 Å². The lowest BCUT2D eigenvalue weighted by Crippen LogP contribution is -2.27. The van der Waals surface area contributed by atoms with Gasteiger partial charge in [0.15, 0.2) is 0 Å². The highest BCUT2D eigenvalue weighted by atomic mass is 32.2. The lowest BCUT2D eigenvalue weighted by Gasteiger charge is -2.17. The number of likely N-dealkylation sites (N-methyl/N-ethyl adjacent to an activating group) is 1. The zero-order valence-electron chi connectivity index (χ0n) is 10.6. The van der Waals surface area contributed by atoms with Gasteiger partial charge in [0.1, 0.15) is 11.3 Å². The fourth-order valence-electron chi connectivity index (χ4n) is 1.57. The van der Waals surface area contributed by atoms with Crippen molar-refractivity contribution >= 4 is 16.0 Å². The summed E-state index contributed by atoms with van der Waals surface area (Å²) >= 11 is 0. The van der Waals surface area contributed by atoms with Crippen LogP contribution in [0.4, 0.5) is 0 Å². The summed E-state index contributed by atoms with van der Waals surface area (Å²) in [6.07, 6.45) is 1.42. The molecule has 6 nitrogen and oxygen atoms in total. The summed E-state index contributed by atoms with van der Waals surface area (Å²) in [4.78, 5) is 10.8. The summed E-state index contributed by atoms with van der Waals surface area (Å²) in [5.74, 6) is -1.85. The fraction of sp³-hybridized carbons (Fsp3) is 0.250. The number of aryl methyl sites for hydroxylation is 1. The van der Waals surface area contributed by atoms with Gasteiger partial charge in [-0.2, -0.15) is 4.31 Å². The van der Waals surface area contributed by atoms with E-state index in [2.05, 4.69) is 6.58 Å². The normalized spacial score (nSPS) is 11.5. The Balaban J connectivity index is 3.46. The molecule has 0 bridgehead atoms. The fourth-order valence-corrected chi connectivity index (χ4v) is 2.94. The minimum absolute atomic E-state index is 0.102. The van der Waals surface area contributed by atoms with Crippen LogP contribution >= 0.6 is 0 Å². The van der Waals surface area contributed by atoms with Crippen LogP contribution in [0.2, 0.25) is 0 Å². The highest BCUT2D eigenvalue weighted by molar-refractivity contribution is 7.89. The van der Waals surface area contributed by atoms with Gasteiger partial charge >= 0.3 is 5.97 Å². The molecule has 0 aliphatic rings. The van der Waals surface area contributed by atoms with Crippen LogP contribution in [-0.2, 0) is 10.0 Å². The predicted molar refractivity (Wildman–Crippen MR) is 69.8 cm³/mol. The van der Waals surface area contributed by atoms with Crippen molar-refractivity contribution in [3.63, 3.8) is 0 Å². The Hall–Kier alpha value is -1.86. The lowest BCUT2D eigenvalue weighted by molar-refractivity contribution is 0.0693. The number of sulfonamides is 1. The lowest BCUT2D eigenvalue weighted by atomic mass is 10.1. The van der Waals surface area contributed by atoms with E-state index >= 15 is 0 Å². The van der Waals surface area contributed by atoms with Crippen molar-refractivity contribution in [3.8, 4) is 5.75 Å². The average Bonchev–Trinajstić information content (AvgIpc) is 2.28. The zero-order chi connectivity index (χ0) is 14.8. The Morgan fingerprint density at radius 1 is 1.47 bits per heavy atom. The monoisotopic (exact) mass is 285 g/mol. The summed E-state index contributed by atoms with van der Waals surface area (Å²) in [7, 11) is -2.45. The highest BCUT2D eigenvalue weighted by Crippen LogP contribution is 2.27. The number of carboxylic acids is 1. The van der Waals surface area contributed by atoms with Gasteiger partial charge in [-0.1, -0.05) is 6.08 Å². The number of aromatic hydroxyl groups is 1. The van der Waals surface area contributed by atoms with E-state index in [-0.39, 0.29) is 17.0 Å². The minimum Gasteiger partial charge on any atom is -0.507 e. The van der Waals surface area contributed by atoms with Gasteiger partial charge in [0, 0.05) is 13.6 Å². The van der Waals surface area contributed by atoms with Crippen molar-refractivity contribution in [1.29, 1.82) is 0 Å². The number of aromatic carboxylic acids is 1. The summed E-state index contributed by atoms with van der Waals surface area (Å²) < 4.78 is 25.5. The second-order valence-electron chi connectivity index (χ2n) is 4.01. The molecule has 2 N–H and O–H groups in total. The molecule has 7 heteroatoms. The largest absolute Gasteiger partial charge is 0.507 e. The van der Waals surface area contributed by atoms with Gasteiger partial charge in [0.05, 0.1) is 4.90 Å². The third-order valence-electron chi connectivity index (χ3n) is 2.60. The van der Waals surface area contributed by atoms with Gasteiger partial charge in [-0.15, -0.1) is 6.58 Å². The van der Waals surface area contributed by atoms with Crippen LogP contribution in [0.25, 0.3) is 0 Å². The van der Waals surface area contributed by atoms with Crippen molar-refractivity contribution in [2.45, 2.75) is 11.8 Å². The summed E-state index contributed by atoms with van der Waals surface area (Å²) in [5.41, 5.74) is -0.172. The quantitative estimate of drug-likeness (QED) is 0.793. The third kappa shape index (κ3) is 2.94. The smallest absolute Gasteiger partial charge is 0.339 e. The molecule has 0 unspecified atom stereocenters. The van der Waals surface area contributed by atoms with Crippen LogP contribution in [0.3, 0.4) is 0 Å². The molecule has 0 aromatic heterocycles. The molecule has 0 aliphatic heterocycles. The van der Waals surface area contributed by atoms with E-state index in [4.69, 9.17) is 5.11 Å². The van der Waals surface area contributed by atoms with E-state index in [1.165, 1.54) is 20.0 Å². The Morgan fingerprint density at radius 2 is 2.05 bits per heavy atom. The first-order chi connectivity index (χ1) is 8.71. The van der Waals surface area contributed by atoms with Crippen molar-refractivity contribution in [3.05, 3.63) is 35.9 Å². The molecule has 1 rings (SSSR count). The maximum absolute atomic E-state index is 12.2. The SMILES string of the molecule is C=CCN(C)S(=O)(=O)c1cc(C(=O)O)c(O)cc1C. The maximum atomic E-state index is 12.2. The number of hydrogen-bond donors (Lipinski definition) is 2. The first kappa shape index (κ1) is 15.2. The minimum atomic E-state index is -3.82. The Morgan fingerprint density at radius 3 is 2.53 bits per heavy atom. The van der Waals surface area contributed by atoms with E-state index in [0.29, 0.717) is 0 Å². The Labute approximate surface area is 111 Å². The van der Waals surface area contributed by atoms with Crippen LogP contribution in [0.1, 0.15) is 15.9 Å². The number of carbonyl (C=O) groups is 1. The van der Waals surface area contributed by atoms with E-state index < -0.39 is 27.3 Å². The highest BCUT2D eigenvalue weighted by Gasteiger charge is 2.25. The number of hydrogen-bond acceptors (Lipinski definition) is 4. The predicted octanol–water partition coefficient (Wildman–Crippen LogP) is 1.21. The van der Waals surface area contributed by atoms with Crippen LogP contribution < -0.4 is 0 Å². The molecule has 104 valence electrons. The molecule has 0 spiro atoms. The zero-order valence-corrected chi connectivity index (χ0v) is 11.4. The third-order valence-corrected chi connectivity index (χ3v) is 4.56. The van der Waals surface area contributed by atoms with Crippen LogP contribution in [0.15, 0.2) is 29.7 Å². The summed E-state index contributed by atoms with van der Waals surface area (Å²) in [5, 5.41) is 18.4. The molecule has 0 atom stereocenters. The second-order valence-corrected chi connectivity index (χ2v) is 6.03. The molecule has 0 radical (unpaired) electrons. The van der Waals surface area contributed by atoms with E-state index in [9.17, 15) is 18.3 Å². The maximum Gasteiger partial charge on any atom is 0.339 e. The topological polar surface area (TPSA) is 94.9 Å². The molecular weight excluding hydrogens is 270 g/mol.